The molecule has 18 heavy (non-hydrogen) atoms. The Balaban J connectivity index is 1.98. The SMILES string of the molecule is C[C@H](Oc1ccccc1Cl)C(=O)N1CC[C@H](N)C1. The average Bonchev–Trinajstić information content (AvgIpc) is 2.78. The number of halogens is 1. The van der Waals surface area contributed by atoms with Gasteiger partial charge in [0.05, 0.1) is 5.02 Å². The van der Waals surface area contributed by atoms with Gasteiger partial charge in [0.2, 0.25) is 0 Å². The summed E-state index contributed by atoms with van der Waals surface area (Å²) in [6.07, 6.45) is 0.306. The second-order valence-corrected chi connectivity index (χ2v) is 4.93. The minimum Gasteiger partial charge on any atom is -0.479 e. The van der Waals surface area contributed by atoms with Crippen LogP contribution in [0.2, 0.25) is 5.02 Å². The van der Waals surface area contributed by atoms with Gasteiger partial charge in [0.25, 0.3) is 5.91 Å². The van der Waals surface area contributed by atoms with Crippen molar-refractivity contribution in [1.82, 2.24) is 4.90 Å². The van der Waals surface area contributed by atoms with Crippen molar-refractivity contribution >= 4 is 17.5 Å². The molecule has 0 saturated carbocycles. The first kappa shape index (κ1) is 13.2. The first-order chi connectivity index (χ1) is 8.58. The molecule has 0 bridgehead atoms. The van der Waals surface area contributed by atoms with E-state index in [0.29, 0.717) is 23.9 Å². The average molecular weight is 269 g/mol. The number of likely N-dealkylation sites (tertiary alicyclic amines) is 1. The van der Waals surface area contributed by atoms with E-state index in [2.05, 4.69) is 0 Å². The number of hydrogen-bond acceptors (Lipinski definition) is 3. The van der Waals surface area contributed by atoms with E-state index in [-0.39, 0.29) is 11.9 Å². The van der Waals surface area contributed by atoms with E-state index < -0.39 is 6.10 Å². The third kappa shape index (κ3) is 2.94. The van der Waals surface area contributed by atoms with E-state index in [9.17, 15) is 4.79 Å². The minimum absolute atomic E-state index is 0.0390. The summed E-state index contributed by atoms with van der Waals surface area (Å²) in [4.78, 5) is 13.9. The van der Waals surface area contributed by atoms with Gasteiger partial charge in [0, 0.05) is 19.1 Å². The highest BCUT2D eigenvalue weighted by Crippen LogP contribution is 2.24. The molecule has 2 atom stereocenters. The number of amides is 1. The fourth-order valence-corrected chi connectivity index (χ4v) is 2.21. The number of hydrogen-bond donors (Lipinski definition) is 1. The van der Waals surface area contributed by atoms with Gasteiger partial charge in [-0.25, -0.2) is 0 Å². The summed E-state index contributed by atoms with van der Waals surface area (Å²) in [5.74, 6) is 0.492. The van der Waals surface area contributed by atoms with Crippen LogP contribution in [-0.2, 0) is 4.79 Å². The van der Waals surface area contributed by atoms with E-state index in [1.807, 2.05) is 12.1 Å². The number of benzene rings is 1. The van der Waals surface area contributed by atoms with Gasteiger partial charge in [-0.3, -0.25) is 4.79 Å². The summed E-state index contributed by atoms with van der Waals surface area (Å²) in [7, 11) is 0. The van der Waals surface area contributed by atoms with Gasteiger partial charge >= 0.3 is 0 Å². The Morgan fingerprint density at radius 2 is 2.28 bits per heavy atom. The van der Waals surface area contributed by atoms with Gasteiger partial charge in [-0.2, -0.15) is 0 Å². The lowest BCUT2D eigenvalue weighted by Gasteiger charge is -2.21. The molecule has 2 N–H and O–H groups in total. The molecule has 1 heterocycles. The molecule has 0 radical (unpaired) electrons. The van der Waals surface area contributed by atoms with Crippen molar-refractivity contribution in [2.24, 2.45) is 5.73 Å². The monoisotopic (exact) mass is 268 g/mol. The number of nitrogens with zero attached hydrogens (tertiary/aromatic N) is 1. The highest BCUT2D eigenvalue weighted by atomic mass is 35.5. The Hall–Kier alpha value is -1.26. The molecule has 0 aliphatic carbocycles. The first-order valence-electron chi connectivity index (χ1n) is 6.03. The van der Waals surface area contributed by atoms with Crippen molar-refractivity contribution in [2.45, 2.75) is 25.5 Å². The molecule has 0 spiro atoms. The van der Waals surface area contributed by atoms with Crippen molar-refractivity contribution < 1.29 is 9.53 Å². The quantitative estimate of drug-likeness (QED) is 0.907. The highest BCUT2D eigenvalue weighted by Gasteiger charge is 2.28. The fourth-order valence-electron chi connectivity index (χ4n) is 2.03. The van der Waals surface area contributed by atoms with Crippen LogP contribution in [0.1, 0.15) is 13.3 Å². The molecule has 1 aromatic rings. The zero-order valence-electron chi connectivity index (χ0n) is 10.3. The Morgan fingerprint density at radius 1 is 1.56 bits per heavy atom. The lowest BCUT2D eigenvalue weighted by Crippen LogP contribution is -2.40. The van der Waals surface area contributed by atoms with Gasteiger partial charge < -0.3 is 15.4 Å². The maximum atomic E-state index is 12.1. The standard InChI is InChI=1S/C13H17ClN2O2/c1-9(13(17)16-7-6-10(15)8-16)18-12-5-3-2-4-11(12)14/h2-5,9-10H,6-8,15H2,1H3/t9-,10-/m0/s1. The van der Waals surface area contributed by atoms with E-state index in [0.717, 1.165) is 6.42 Å². The molecule has 1 aliphatic heterocycles. The summed E-state index contributed by atoms with van der Waals surface area (Å²) in [5.41, 5.74) is 5.78. The van der Waals surface area contributed by atoms with E-state index in [4.69, 9.17) is 22.1 Å². The third-order valence-electron chi connectivity index (χ3n) is 3.02. The lowest BCUT2D eigenvalue weighted by atomic mass is 10.3. The predicted molar refractivity (Wildman–Crippen MR) is 70.7 cm³/mol. The van der Waals surface area contributed by atoms with Crippen LogP contribution in [0.5, 0.6) is 5.75 Å². The number of para-hydroxylation sites is 1. The normalized spacial score (nSPS) is 20.8. The Morgan fingerprint density at radius 3 is 2.89 bits per heavy atom. The summed E-state index contributed by atoms with van der Waals surface area (Å²) in [6, 6.07) is 7.22. The number of rotatable bonds is 3. The molecular formula is C13H17ClN2O2. The molecule has 1 fully saturated rings. The zero-order valence-corrected chi connectivity index (χ0v) is 11.1. The first-order valence-corrected chi connectivity index (χ1v) is 6.41. The minimum atomic E-state index is -0.546. The molecule has 5 heteroatoms. The zero-order chi connectivity index (χ0) is 13.1. The number of carbonyl (C=O) groups excluding carboxylic acids is 1. The molecule has 4 nitrogen and oxygen atoms in total. The molecule has 1 aliphatic rings. The van der Waals surface area contributed by atoms with Crippen molar-refractivity contribution in [2.75, 3.05) is 13.1 Å². The highest BCUT2D eigenvalue weighted by molar-refractivity contribution is 6.32. The van der Waals surface area contributed by atoms with Crippen LogP contribution in [-0.4, -0.2) is 36.0 Å². The van der Waals surface area contributed by atoms with E-state index in [1.165, 1.54) is 0 Å². The number of carbonyl (C=O) groups is 1. The molecular weight excluding hydrogens is 252 g/mol. The molecule has 0 aromatic heterocycles. The van der Waals surface area contributed by atoms with Crippen LogP contribution >= 0.6 is 11.6 Å². The van der Waals surface area contributed by atoms with Gasteiger partial charge in [0.15, 0.2) is 6.10 Å². The van der Waals surface area contributed by atoms with Crippen LogP contribution in [0.3, 0.4) is 0 Å². The second kappa shape index (κ2) is 5.59. The largest absolute Gasteiger partial charge is 0.479 e. The van der Waals surface area contributed by atoms with E-state index in [1.54, 1.807) is 24.0 Å². The van der Waals surface area contributed by atoms with Gasteiger partial charge in [-0.05, 0) is 25.5 Å². The molecule has 1 amide bonds. The van der Waals surface area contributed by atoms with Gasteiger partial charge in [-0.1, -0.05) is 23.7 Å². The Bertz CT molecular complexity index is 439. The van der Waals surface area contributed by atoms with Crippen LogP contribution in [0.4, 0.5) is 0 Å². The third-order valence-corrected chi connectivity index (χ3v) is 3.34. The molecule has 2 rings (SSSR count). The number of ether oxygens (including phenoxy) is 1. The van der Waals surface area contributed by atoms with Crippen molar-refractivity contribution in [3.8, 4) is 5.75 Å². The number of nitrogens with two attached hydrogens (primary N) is 1. The fraction of sp³-hybridized carbons (Fsp3) is 0.462. The van der Waals surface area contributed by atoms with E-state index >= 15 is 0 Å². The Kier molecular flexibility index (Phi) is 4.09. The van der Waals surface area contributed by atoms with Gasteiger partial charge in [0.1, 0.15) is 5.75 Å². The van der Waals surface area contributed by atoms with Crippen LogP contribution in [0, 0.1) is 0 Å². The smallest absolute Gasteiger partial charge is 0.263 e. The Labute approximate surface area is 112 Å². The second-order valence-electron chi connectivity index (χ2n) is 4.52. The predicted octanol–water partition coefficient (Wildman–Crippen LogP) is 1.67. The summed E-state index contributed by atoms with van der Waals surface area (Å²) in [6.45, 7) is 3.04. The topological polar surface area (TPSA) is 55.6 Å². The van der Waals surface area contributed by atoms with Crippen LogP contribution in [0.15, 0.2) is 24.3 Å². The maximum Gasteiger partial charge on any atom is 0.263 e. The van der Waals surface area contributed by atoms with Crippen molar-refractivity contribution in [3.63, 3.8) is 0 Å². The van der Waals surface area contributed by atoms with Crippen molar-refractivity contribution in [3.05, 3.63) is 29.3 Å². The summed E-state index contributed by atoms with van der Waals surface area (Å²) < 4.78 is 5.59. The lowest BCUT2D eigenvalue weighted by molar-refractivity contribution is -0.136. The molecule has 0 unspecified atom stereocenters. The maximum absolute atomic E-state index is 12.1. The molecule has 98 valence electrons. The van der Waals surface area contributed by atoms with Crippen LogP contribution < -0.4 is 10.5 Å². The molecule has 1 aromatic carbocycles. The van der Waals surface area contributed by atoms with Crippen LogP contribution in [0.25, 0.3) is 0 Å². The molecule has 1 saturated heterocycles. The van der Waals surface area contributed by atoms with Gasteiger partial charge in [-0.15, -0.1) is 0 Å². The summed E-state index contributed by atoms with van der Waals surface area (Å²) >= 11 is 5.99. The van der Waals surface area contributed by atoms with Crippen molar-refractivity contribution in [1.29, 1.82) is 0 Å². The summed E-state index contributed by atoms with van der Waals surface area (Å²) in [5, 5.41) is 0.510.